The molecule has 1 unspecified atom stereocenters. The zero-order chi connectivity index (χ0) is 11.1. The summed E-state index contributed by atoms with van der Waals surface area (Å²) < 4.78 is 5.17. The summed E-state index contributed by atoms with van der Waals surface area (Å²) in [6.45, 7) is 1.02. The lowest BCUT2D eigenvalue weighted by atomic mass is 9.93. The second kappa shape index (κ2) is 2.18. The van der Waals surface area contributed by atoms with Crippen LogP contribution in [0.15, 0.2) is 0 Å². The summed E-state index contributed by atoms with van der Waals surface area (Å²) in [6.07, 6.45) is -0.821. The molecule has 4 N–H and O–H groups in total. The van der Waals surface area contributed by atoms with E-state index >= 15 is 0 Å². The van der Waals surface area contributed by atoms with Gasteiger partial charge in [-0.1, -0.05) is 0 Å². The van der Waals surface area contributed by atoms with E-state index in [9.17, 15) is 15.0 Å². The lowest BCUT2D eigenvalue weighted by Crippen LogP contribution is -2.69. The summed E-state index contributed by atoms with van der Waals surface area (Å²) in [5, 5.41) is 31.4. The first-order chi connectivity index (χ1) is 6.95. The number of fused-ring (bicyclic) bond motifs is 2. The smallest absolute Gasteiger partial charge is 0.218 e. The number of ether oxygens (including phenoxy) is 1. The van der Waals surface area contributed by atoms with Crippen molar-refractivity contribution in [2.45, 2.75) is 30.1 Å². The van der Waals surface area contributed by atoms with Gasteiger partial charge in [0.05, 0.1) is 13.2 Å². The molecule has 0 bridgehead atoms. The zero-order valence-corrected chi connectivity index (χ0v) is 8.10. The van der Waals surface area contributed by atoms with Crippen LogP contribution in [-0.2, 0) is 9.53 Å². The minimum absolute atomic E-state index is 0.0661. The van der Waals surface area contributed by atoms with Crippen molar-refractivity contribution in [3.63, 3.8) is 0 Å². The normalized spacial score (nSPS) is 59.5. The predicted octanol–water partition coefficient (Wildman–Crippen LogP) is -3.08. The Bertz CT molecular complexity index is 363. The molecule has 7 nitrogen and oxygen atoms in total. The number of amides is 1. The quantitative estimate of drug-likeness (QED) is 0.365. The Kier molecular flexibility index (Phi) is 1.38. The fraction of sp³-hybridized carbons (Fsp3) is 0.875. The van der Waals surface area contributed by atoms with Crippen LogP contribution < -0.4 is 5.32 Å². The number of hydrogen-bond donors (Lipinski definition) is 4. The molecule has 3 rings (SSSR count). The van der Waals surface area contributed by atoms with Gasteiger partial charge in [-0.15, -0.1) is 0 Å². The number of carbonyl (C=O) groups excluding carboxylic acids is 1. The van der Waals surface area contributed by atoms with Crippen LogP contribution in [0, 0.1) is 0 Å². The van der Waals surface area contributed by atoms with E-state index in [-0.39, 0.29) is 19.1 Å². The molecule has 0 aromatic heterocycles. The monoisotopic (exact) mass is 216 g/mol. The van der Waals surface area contributed by atoms with Crippen LogP contribution in [0.4, 0.5) is 0 Å². The highest BCUT2D eigenvalue weighted by atomic mass is 16.6. The van der Waals surface area contributed by atoms with Crippen molar-refractivity contribution in [1.29, 1.82) is 0 Å². The third kappa shape index (κ3) is 0.667. The van der Waals surface area contributed by atoms with Crippen LogP contribution in [0.1, 0.15) is 6.92 Å². The predicted molar refractivity (Wildman–Crippen MR) is 45.1 cm³/mol. The molecule has 0 aromatic rings. The van der Waals surface area contributed by atoms with Gasteiger partial charge in [-0.25, -0.2) is 4.90 Å². The van der Waals surface area contributed by atoms with Crippen LogP contribution in [-0.4, -0.2) is 62.6 Å². The highest BCUT2D eigenvalue weighted by molar-refractivity contribution is 5.76. The molecule has 0 radical (unpaired) electrons. The summed E-state index contributed by atoms with van der Waals surface area (Å²) in [5.74, 6) is -0.302. The molecule has 1 amide bonds. The first-order valence-electron chi connectivity index (χ1n) is 4.71. The summed E-state index contributed by atoms with van der Waals surface area (Å²) in [6, 6.07) is 0. The van der Waals surface area contributed by atoms with Crippen molar-refractivity contribution in [2.75, 3.05) is 13.2 Å². The molecule has 7 heteroatoms. The number of nitrogens with one attached hydrogen (secondary N) is 1. The number of aliphatic hydroxyl groups excluding tert-OH is 1. The van der Waals surface area contributed by atoms with Crippen LogP contribution in [0.5, 0.6) is 0 Å². The van der Waals surface area contributed by atoms with Gasteiger partial charge in [-0.3, -0.25) is 4.79 Å². The van der Waals surface area contributed by atoms with E-state index in [1.165, 1.54) is 11.8 Å². The zero-order valence-electron chi connectivity index (χ0n) is 8.10. The van der Waals surface area contributed by atoms with E-state index in [0.717, 1.165) is 0 Å². The van der Waals surface area contributed by atoms with Crippen molar-refractivity contribution < 1.29 is 24.9 Å². The summed E-state index contributed by atoms with van der Waals surface area (Å²) in [5.41, 5.74) is -3.99. The standard InChI is InChI=1S/C8H12N2O5/c1-4(12)9-6-3-15-5(2-11)7(13)8(6,14)10(6)7/h5,11,13-14H,2-3H2,1H3,(H,9,12)/t5-,6-,7-,8+,10?/m1/s1. The van der Waals surface area contributed by atoms with Crippen LogP contribution in [0.2, 0.25) is 0 Å². The van der Waals surface area contributed by atoms with Gasteiger partial charge in [-0.05, 0) is 0 Å². The van der Waals surface area contributed by atoms with Crippen LogP contribution >= 0.6 is 0 Å². The van der Waals surface area contributed by atoms with E-state index in [1.54, 1.807) is 0 Å². The van der Waals surface area contributed by atoms with Crippen LogP contribution in [0.25, 0.3) is 0 Å². The lowest BCUT2D eigenvalue weighted by molar-refractivity contribution is -0.223. The van der Waals surface area contributed by atoms with E-state index in [1.807, 2.05) is 0 Å². The van der Waals surface area contributed by atoms with Gasteiger partial charge in [0.25, 0.3) is 0 Å². The van der Waals surface area contributed by atoms with Gasteiger partial charge in [0.15, 0.2) is 11.4 Å². The molecule has 0 aliphatic carbocycles. The van der Waals surface area contributed by atoms with Gasteiger partial charge in [0.2, 0.25) is 11.6 Å². The molecule has 0 spiro atoms. The maximum atomic E-state index is 10.9. The third-order valence-corrected chi connectivity index (χ3v) is 3.53. The third-order valence-electron chi connectivity index (χ3n) is 3.53. The van der Waals surface area contributed by atoms with Gasteiger partial charge >= 0.3 is 0 Å². The summed E-state index contributed by atoms with van der Waals surface area (Å²) in [7, 11) is 0. The molecule has 3 heterocycles. The number of carbonyl (C=O) groups is 1. The molecule has 3 aliphatic heterocycles. The Morgan fingerprint density at radius 3 is 2.73 bits per heavy atom. The van der Waals surface area contributed by atoms with Crippen molar-refractivity contribution >= 4 is 5.91 Å². The number of aliphatic hydroxyl groups is 3. The molecular formula is C8H12N2O5. The summed E-state index contributed by atoms with van der Waals surface area (Å²) >= 11 is 0. The minimum atomic E-state index is -1.54. The topological polar surface area (TPSA) is 102 Å². The highest BCUT2D eigenvalue weighted by Crippen LogP contribution is 2.77. The van der Waals surface area contributed by atoms with E-state index in [4.69, 9.17) is 9.84 Å². The lowest BCUT2D eigenvalue weighted by Gasteiger charge is -2.42. The Labute approximate surface area is 85.2 Å². The average molecular weight is 216 g/mol. The maximum absolute atomic E-state index is 10.9. The van der Waals surface area contributed by atoms with Gasteiger partial charge in [0.1, 0.15) is 6.10 Å². The Hall–Kier alpha value is -0.730. The Morgan fingerprint density at radius 1 is 1.67 bits per heavy atom. The molecule has 15 heavy (non-hydrogen) atoms. The van der Waals surface area contributed by atoms with Gasteiger partial charge < -0.3 is 25.4 Å². The molecule has 3 aliphatic rings. The molecule has 0 saturated carbocycles. The Morgan fingerprint density at radius 2 is 2.27 bits per heavy atom. The number of rotatable bonds is 2. The molecule has 3 saturated heterocycles. The number of nitrogens with zero attached hydrogens (tertiary/aromatic N) is 1. The average Bonchev–Trinajstić information content (AvgIpc) is 2.88. The van der Waals surface area contributed by atoms with Crippen molar-refractivity contribution in [2.24, 2.45) is 0 Å². The van der Waals surface area contributed by atoms with Crippen LogP contribution in [0.3, 0.4) is 0 Å². The van der Waals surface area contributed by atoms with Gasteiger partial charge in [-0.2, -0.15) is 0 Å². The molecule has 0 aromatic carbocycles. The maximum Gasteiger partial charge on any atom is 0.218 e. The minimum Gasteiger partial charge on any atom is -0.393 e. The molecule has 3 fully saturated rings. The largest absolute Gasteiger partial charge is 0.393 e. The number of morpholine rings is 1. The van der Waals surface area contributed by atoms with Crippen molar-refractivity contribution in [3.8, 4) is 0 Å². The van der Waals surface area contributed by atoms with Gasteiger partial charge in [0, 0.05) is 6.92 Å². The fourth-order valence-electron chi connectivity index (χ4n) is 2.81. The fourth-order valence-corrected chi connectivity index (χ4v) is 2.81. The first-order valence-corrected chi connectivity index (χ1v) is 4.71. The van der Waals surface area contributed by atoms with Crippen molar-refractivity contribution in [1.82, 2.24) is 10.2 Å². The van der Waals surface area contributed by atoms with E-state index < -0.39 is 23.2 Å². The molecular weight excluding hydrogens is 204 g/mol. The SMILES string of the molecule is CC(=O)N[C@]12CO[C@H](CO)[C@]3(O)N1[C@]23O. The second-order valence-corrected chi connectivity index (χ2v) is 4.26. The van der Waals surface area contributed by atoms with E-state index in [0.29, 0.717) is 0 Å². The Balaban J connectivity index is 1.85. The molecule has 84 valence electrons. The first kappa shape index (κ1) is 9.49. The second-order valence-electron chi connectivity index (χ2n) is 4.26. The molecule has 5 atom stereocenters. The van der Waals surface area contributed by atoms with Crippen molar-refractivity contribution in [3.05, 3.63) is 0 Å². The summed E-state index contributed by atoms with van der Waals surface area (Å²) in [4.78, 5) is 12.3. The number of hydrogen-bond acceptors (Lipinski definition) is 6. The van der Waals surface area contributed by atoms with E-state index in [2.05, 4.69) is 5.32 Å². The highest BCUT2D eigenvalue weighted by Gasteiger charge is 3.08.